The maximum absolute atomic E-state index is 5.48. The highest BCUT2D eigenvalue weighted by Crippen LogP contribution is 2.25. The lowest BCUT2D eigenvalue weighted by Gasteiger charge is -2.16. The first-order chi connectivity index (χ1) is 29.2. The van der Waals surface area contributed by atoms with E-state index in [1.807, 2.05) is 31.3 Å². The lowest BCUT2D eigenvalue weighted by atomic mass is 9.91. The van der Waals surface area contributed by atoms with Crippen molar-refractivity contribution in [3.63, 3.8) is 0 Å². The maximum Gasteiger partial charge on any atom is 0.122 e. The van der Waals surface area contributed by atoms with Crippen molar-refractivity contribution in [3.8, 4) is 5.75 Å². The van der Waals surface area contributed by atoms with Crippen LogP contribution >= 0.6 is 0 Å². The molecule has 0 saturated carbocycles. The molecule has 2 aromatic heterocycles. The van der Waals surface area contributed by atoms with Crippen LogP contribution in [0.25, 0.3) is 21.8 Å². The number of rotatable bonds is 0. The van der Waals surface area contributed by atoms with Gasteiger partial charge in [-0.3, -0.25) is 9.97 Å². The van der Waals surface area contributed by atoms with Gasteiger partial charge in [0.15, 0.2) is 0 Å². The minimum absolute atomic E-state index is 0.833. The Morgan fingerprint density at radius 2 is 0.968 bits per heavy atom. The lowest BCUT2D eigenvalue weighted by molar-refractivity contribution is 0.288. The third kappa shape index (κ3) is 25.4. The number of benzene rings is 4. The Balaban J connectivity index is 0.000000372. The Morgan fingerprint density at radius 3 is 1.58 bits per heavy atom. The highest BCUT2D eigenvalue weighted by Gasteiger charge is 2.09. The fourth-order valence-corrected chi connectivity index (χ4v) is 6.23. The summed E-state index contributed by atoms with van der Waals surface area (Å²) in [6.07, 6.45) is 9.61. The number of nitrogens with zero attached hydrogens (tertiary/aromatic N) is 2. The first kappa shape index (κ1) is 55.5. The zero-order valence-corrected chi connectivity index (χ0v) is 42.8. The molecule has 2 aliphatic rings. The van der Waals surface area contributed by atoms with Gasteiger partial charge in [-0.2, -0.15) is 0 Å². The molecule has 8 rings (SSSR count). The zero-order chi connectivity index (χ0) is 46.8. The van der Waals surface area contributed by atoms with Crippen molar-refractivity contribution in [2.24, 2.45) is 23.7 Å². The molecule has 0 bridgehead atoms. The van der Waals surface area contributed by atoms with Crippen LogP contribution in [0.4, 0.5) is 0 Å². The molecule has 340 valence electrons. The van der Waals surface area contributed by atoms with Crippen LogP contribution in [0.15, 0.2) is 97.2 Å². The van der Waals surface area contributed by atoms with Crippen LogP contribution in [-0.2, 0) is 19.3 Å². The Hall–Kier alpha value is -4.50. The molecule has 0 amide bonds. The molecule has 0 fully saturated rings. The summed E-state index contributed by atoms with van der Waals surface area (Å²) in [5.41, 5.74) is 14.3. The number of ether oxygens (including phenoxy) is 1. The molecule has 3 nitrogen and oxygen atoms in total. The molecular formula is C59H88N2O. The molecule has 1 aliphatic heterocycles. The summed E-state index contributed by atoms with van der Waals surface area (Å²) >= 11 is 0. The molecule has 3 heterocycles. The van der Waals surface area contributed by atoms with Crippen LogP contribution in [-0.4, -0.2) is 16.6 Å². The summed E-state index contributed by atoms with van der Waals surface area (Å²) < 4.78 is 5.48. The van der Waals surface area contributed by atoms with Gasteiger partial charge in [-0.15, -0.1) is 0 Å². The normalized spacial score (nSPS) is 12.0. The van der Waals surface area contributed by atoms with E-state index in [1.54, 1.807) is 11.1 Å². The van der Waals surface area contributed by atoms with Gasteiger partial charge < -0.3 is 4.74 Å². The highest BCUT2D eigenvalue weighted by molar-refractivity contribution is 5.82. The molecular weight excluding hydrogens is 753 g/mol. The van der Waals surface area contributed by atoms with Gasteiger partial charge in [0.1, 0.15) is 5.75 Å². The summed E-state index contributed by atoms with van der Waals surface area (Å²) in [5, 5.41) is 2.45. The van der Waals surface area contributed by atoms with Crippen molar-refractivity contribution in [2.75, 3.05) is 6.61 Å². The molecule has 0 spiro atoms. The van der Waals surface area contributed by atoms with Crippen molar-refractivity contribution in [2.45, 2.75) is 163 Å². The van der Waals surface area contributed by atoms with Gasteiger partial charge in [0.05, 0.1) is 17.6 Å². The van der Waals surface area contributed by atoms with Crippen LogP contribution in [0.2, 0.25) is 0 Å². The van der Waals surface area contributed by atoms with E-state index >= 15 is 0 Å². The molecule has 0 radical (unpaired) electrons. The molecule has 62 heavy (non-hydrogen) atoms. The van der Waals surface area contributed by atoms with Gasteiger partial charge in [0, 0.05) is 22.7 Å². The zero-order valence-electron chi connectivity index (χ0n) is 42.8. The Bertz CT molecular complexity index is 2030. The predicted molar refractivity (Wildman–Crippen MR) is 277 cm³/mol. The SMILES string of the molecule is CC(C)C.CC(C)C.CC(C)C.CC(C)C.Cc1cc(C)c2nc(C)ccc2c1.Cc1ccc2c(c1)CCCC2.Cc1ccc2c(c1)CCCO2.Cc1cnc2ccccc2c1. The number of aromatic nitrogens is 2. The number of hydrogen-bond donors (Lipinski definition) is 0. The van der Waals surface area contributed by atoms with E-state index in [9.17, 15) is 0 Å². The summed E-state index contributed by atoms with van der Waals surface area (Å²) in [6, 6.07) is 32.1. The summed E-state index contributed by atoms with van der Waals surface area (Å²) in [6.45, 7) is 39.5. The van der Waals surface area contributed by atoms with E-state index in [1.165, 1.54) is 76.3 Å². The Morgan fingerprint density at radius 1 is 0.452 bits per heavy atom. The van der Waals surface area contributed by atoms with Gasteiger partial charge in [-0.05, 0) is 162 Å². The third-order valence-electron chi connectivity index (χ3n) is 8.56. The highest BCUT2D eigenvalue weighted by atomic mass is 16.5. The van der Waals surface area contributed by atoms with Gasteiger partial charge in [0.25, 0.3) is 0 Å². The molecule has 0 unspecified atom stereocenters. The molecule has 0 atom stereocenters. The van der Waals surface area contributed by atoms with E-state index in [-0.39, 0.29) is 0 Å². The molecule has 3 heteroatoms. The monoisotopic (exact) mass is 841 g/mol. The van der Waals surface area contributed by atoms with Crippen LogP contribution in [0.5, 0.6) is 5.75 Å². The van der Waals surface area contributed by atoms with Crippen LogP contribution < -0.4 is 4.74 Å². The summed E-state index contributed by atoms with van der Waals surface area (Å²) in [4.78, 5) is 8.80. The minimum atomic E-state index is 0.833. The van der Waals surface area contributed by atoms with E-state index < -0.39 is 0 Å². The largest absolute Gasteiger partial charge is 0.493 e. The lowest BCUT2D eigenvalue weighted by Crippen LogP contribution is -2.07. The smallest absolute Gasteiger partial charge is 0.122 e. The van der Waals surface area contributed by atoms with Gasteiger partial charge >= 0.3 is 0 Å². The molecule has 6 aromatic rings. The standard InChI is InChI=1S/C12H13N.C11H14.C10H9N.C10H12O.4C4H10/c1-8-6-9(2)12-11(7-8)5-4-10(3)13-12;1-9-6-7-10-4-2-3-5-11(10)8-9;1-8-6-9-4-2-3-5-10(9)11-7-8;1-8-4-5-10-9(7-8)3-2-6-11-10;4*1-4(2)3/h4-7H,1-3H3;6-8H,2-5H2,1H3;2-7H,1H3;4-5,7H,2-3,6H2,1H3;4*4H,1-3H3. The second-order valence-corrected chi connectivity index (χ2v) is 19.8. The number of pyridine rings is 2. The van der Waals surface area contributed by atoms with Crippen molar-refractivity contribution in [1.82, 2.24) is 9.97 Å². The van der Waals surface area contributed by atoms with Gasteiger partial charge in [-0.1, -0.05) is 160 Å². The number of fused-ring (bicyclic) bond motifs is 4. The number of aryl methyl sites for hydroxylation is 9. The van der Waals surface area contributed by atoms with E-state index in [0.717, 1.165) is 59.2 Å². The first-order valence-electron chi connectivity index (χ1n) is 23.6. The van der Waals surface area contributed by atoms with E-state index in [0.29, 0.717) is 0 Å². The topological polar surface area (TPSA) is 35.0 Å². The van der Waals surface area contributed by atoms with Crippen LogP contribution in [0, 0.1) is 65.2 Å². The van der Waals surface area contributed by atoms with Crippen LogP contribution in [0.3, 0.4) is 0 Å². The van der Waals surface area contributed by atoms with Crippen molar-refractivity contribution in [3.05, 3.63) is 147 Å². The first-order valence-corrected chi connectivity index (χ1v) is 23.6. The van der Waals surface area contributed by atoms with Gasteiger partial charge in [0.2, 0.25) is 0 Å². The number of para-hydroxylation sites is 1. The third-order valence-corrected chi connectivity index (χ3v) is 8.56. The molecule has 1 aliphatic carbocycles. The van der Waals surface area contributed by atoms with Gasteiger partial charge in [-0.25, -0.2) is 0 Å². The quantitative estimate of drug-likeness (QED) is 0.153. The number of hydrogen-bond acceptors (Lipinski definition) is 3. The molecule has 0 saturated heterocycles. The molecule has 4 aromatic carbocycles. The summed E-state index contributed by atoms with van der Waals surface area (Å²) in [5.74, 6) is 4.42. The minimum Gasteiger partial charge on any atom is -0.493 e. The second kappa shape index (κ2) is 30.5. The average Bonchev–Trinajstić information content (AvgIpc) is 3.18. The Labute approximate surface area is 381 Å². The van der Waals surface area contributed by atoms with Crippen molar-refractivity contribution in [1.29, 1.82) is 0 Å². The van der Waals surface area contributed by atoms with Crippen molar-refractivity contribution < 1.29 is 4.74 Å². The average molecular weight is 841 g/mol. The maximum atomic E-state index is 5.48. The fourth-order valence-electron chi connectivity index (χ4n) is 6.23. The summed E-state index contributed by atoms with van der Waals surface area (Å²) in [7, 11) is 0. The van der Waals surface area contributed by atoms with E-state index in [4.69, 9.17) is 4.74 Å². The predicted octanol–water partition coefficient (Wildman–Crippen LogP) is 17.5. The fraction of sp³-hybridized carbons (Fsp3) is 0.492. The van der Waals surface area contributed by atoms with Crippen LogP contribution in [0.1, 0.15) is 153 Å². The Kier molecular flexibility index (Phi) is 27.3. The van der Waals surface area contributed by atoms with Crippen molar-refractivity contribution >= 4 is 21.8 Å². The second-order valence-electron chi connectivity index (χ2n) is 19.8. The molecule has 0 N–H and O–H groups in total. The van der Waals surface area contributed by atoms with E-state index in [2.05, 4.69) is 200 Å².